The van der Waals surface area contributed by atoms with Crippen LogP contribution in [0.1, 0.15) is 33.6 Å². The average molecular weight is 290 g/mol. The zero-order valence-electron chi connectivity index (χ0n) is 11.7. The minimum Gasteiger partial charge on any atom is -0.340 e. The molecule has 1 saturated heterocycles. The first-order chi connectivity index (χ1) is 8.80. The van der Waals surface area contributed by atoms with Crippen molar-refractivity contribution < 1.29 is 18.0 Å². The summed E-state index contributed by atoms with van der Waals surface area (Å²) in [6, 6.07) is 0. The lowest BCUT2D eigenvalue weighted by Crippen LogP contribution is -2.66. The normalized spacial score (nSPS) is 19.4. The van der Waals surface area contributed by atoms with Crippen LogP contribution in [-0.2, 0) is 19.4 Å². The van der Waals surface area contributed by atoms with Crippen LogP contribution in [0.4, 0.5) is 0 Å². The Hall–Kier alpha value is -1.11. The number of nitrogens with zero attached hydrogens (tertiary/aromatic N) is 1. The van der Waals surface area contributed by atoms with E-state index in [0.29, 0.717) is 12.8 Å². The highest BCUT2D eigenvalue weighted by atomic mass is 32.2. The first-order valence-electron chi connectivity index (χ1n) is 6.61. The standard InChI is InChI=1S/C12H22N2O4S/c1-4-12(5-2)11(16)14(9-10(15)13-12)7-8-19(17,18)6-3/h4-9H2,1-3H3,(H,13,15). The van der Waals surface area contributed by atoms with Crippen molar-refractivity contribution in [2.45, 2.75) is 39.2 Å². The van der Waals surface area contributed by atoms with Gasteiger partial charge in [0.1, 0.15) is 5.54 Å². The number of piperazine rings is 1. The number of hydrogen-bond acceptors (Lipinski definition) is 4. The van der Waals surface area contributed by atoms with Gasteiger partial charge in [0.2, 0.25) is 11.8 Å². The van der Waals surface area contributed by atoms with E-state index in [1.54, 1.807) is 6.92 Å². The molecule has 0 aliphatic carbocycles. The van der Waals surface area contributed by atoms with Crippen LogP contribution in [0.25, 0.3) is 0 Å². The molecule has 1 aliphatic heterocycles. The van der Waals surface area contributed by atoms with E-state index in [9.17, 15) is 18.0 Å². The monoisotopic (exact) mass is 290 g/mol. The first kappa shape index (κ1) is 15.9. The fraction of sp³-hybridized carbons (Fsp3) is 0.833. The second-order valence-electron chi connectivity index (χ2n) is 4.80. The molecule has 110 valence electrons. The molecule has 0 radical (unpaired) electrons. The molecule has 1 heterocycles. The Morgan fingerprint density at radius 2 is 1.79 bits per heavy atom. The first-order valence-corrected chi connectivity index (χ1v) is 8.43. The topological polar surface area (TPSA) is 83.6 Å². The molecule has 1 N–H and O–H groups in total. The Balaban J connectivity index is 2.84. The molecule has 0 spiro atoms. The summed E-state index contributed by atoms with van der Waals surface area (Å²) >= 11 is 0. The molecular weight excluding hydrogens is 268 g/mol. The lowest BCUT2D eigenvalue weighted by Gasteiger charge is -2.41. The molecule has 0 aromatic heterocycles. The maximum atomic E-state index is 12.4. The summed E-state index contributed by atoms with van der Waals surface area (Å²) in [5.41, 5.74) is -0.870. The summed E-state index contributed by atoms with van der Waals surface area (Å²) in [6.45, 7) is 5.29. The molecule has 0 aromatic rings. The molecule has 7 heteroatoms. The minimum atomic E-state index is -3.14. The van der Waals surface area contributed by atoms with Gasteiger partial charge in [-0.15, -0.1) is 0 Å². The van der Waals surface area contributed by atoms with Crippen LogP contribution < -0.4 is 5.32 Å². The third-order valence-electron chi connectivity index (χ3n) is 3.73. The zero-order valence-corrected chi connectivity index (χ0v) is 12.5. The van der Waals surface area contributed by atoms with Crippen LogP contribution in [0.15, 0.2) is 0 Å². The van der Waals surface area contributed by atoms with Gasteiger partial charge in [0.25, 0.3) is 0 Å². The van der Waals surface area contributed by atoms with Crippen LogP contribution in [0, 0.1) is 0 Å². The van der Waals surface area contributed by atoms with Gasteiger partial charge in [-0.3, -0.25) is 9.59 Å². The summed E-state index contributed by atoms with van der Waals surface area (Å²) in [5, 5.41) is 2.74. The van der Waals surface area contributed by atoms with Gasteiger partial charge in [0.15, 0.2) is 9.84 Å². The highest BCUT2D eigenvalue weighted by Crippen LogP contribution is 2.22. The number of sulfone groups is 1. The van der Waals surface area contributed by atoms with Crippen molar-refractivity contribution in [2.75, 3.05) is 24.6 Å². The van der Waals surface area contributed by atoms with Gasteiger partial charge in [0, 0.05) is 12.3 Å². The molecule has 0 saturated carbocycles. The lowest BCUT2D eigenvalue weighted by atomic mass is 9.89. The maximum absolute atomic E-state index is 12.4. The van der Waals surface area contributed by atoms with Crippen LogP contribution >= 0.6 is 0 Å². The third-order valence-corrected chi connectivity index (χ3v) is 5.41. The van der Waals surface area contributed by atoms with E-state index in [0.717, 1.165) is 0 Å². The molecule has 0 bridgehead atoms. The average Bonchev–Trinajstić information content (AvgIpc) is 2.39. The smallest absolute Gasteiger partial charge is 0.248 e. The fourth-order valence-electron chi connectivity index (χ4n) is 2.21. The predicted molar refractivity (Wildman–Crippen MR) is 72.4 cm³/mol. The molecule has 0 aromatic carbocycles. The van der Waals surface area contributed by atoms with Crippen molar-refractivity contribution >= 4 is 21.7 Å². The number of carbonyl (C=O) groups is 2. The molecular formula is C12H22N2O4S. The van der Waals surface area contributed by atoms with Gasteiger partial charge in [-0.05, 0) is 12.8 Å². The SMILES string of the molecule is CCC1(CC)NC(=O)CN(CCS(=O)(=O)CC)C1=O. The Labute approximate surface area is 114 Å². The van der Waals surface area contributed by atoms with Crippen LogP contribution in [0.5, 0.6) is 0 Å². The van der Waals surface area contributed by atoms with Gasteiger partial charge in [-0.1, -0.05) is 20.8 Å². The molecule has 2 amide bonds. The fourth-order valence-corrected chi connectivity index (χ4v) is 3.00. The number of carbonyl (C=O) groups excluding carboxylic acids is 2. The molecule has 0 unspecified atom stereocenters. The molecule has 1 aliphatic rings. The van der Waals surface area contributed by atoms with Gasteiger partial charge < -0.3 is 10.2 Å². The summed E-state index contributed by atoms with van der Waals surface area (Å²) in [7, 11) is -3.14. The molecule has 1 rings (SSSR count). The third kappa shape index (κ3) is 3.46. The zero-order chi connectivity index (χ0) is 14.7. The quantitative estimate of drug-likeness (QED) is 0.743. The predicted octanol–water partition coefficient (Wildman–Crippen LogP) is -0.0617. The number of rotatable bonds is 6. The highest BCUT2D eigenvalue weighted by Gasteiger charge is 2.43. The Kier molecular flexibility index (Phi) is 4.95. The second kappa shape index (κ2) is 5.90. The lowest BCUT2D eigenvalue weighted by molar-refractivity contribution is -0.150. The van der Waals surface area contributed by atoms with E-state index < -0.39 is 15.4 Å². The summed E-state index contributed by atoms with van der Waals surface area (Å²) in [5.74, 6) is -0.444. The minimum absolute atomic E-state index is 0.0495. The van der Waals surface area contributed by atoms with Gasteiger partial charge in [-0.25, -0.2) is 8.42 Å². The Bertz CT molecular complexity index is 454. The van der Waals surface area contributed by atoms with Crippen LogP contribution in [-0.4, -0.2) is 55.3 Å². The van der Waals surface area contributed by atoms with Crippen molar-refractivity contribution in [3.05, 3.63) is 0 Å². The molecule has 0 atom stereocenters. The van der Waals surface area contributed by atoms with E-state index in [2.05, 4.69) is 5.32 Å². The van der Waals surface area contributed by atoms with E-state index >= 15 is 0 Å². The van der Waals surface area contributed by atoms with Crippen molar-refractivity contribution in [1.29, 1.82) is 0 Å². The van der Waals surface area contributed by atoms with Crippen LogP contribution in [0.3, 0.4) is 0 Å². The van der Waals surface area contributed by atoms with Crippen molar-refractivity contribution in [1.82, 2.24) is 10.2 Å². The number of amides is 2. The van der Waals surface area contributed by atoms with Gasteiger partial charge >= 0.3 is 0 Å². The van der Waals surface area contributed by atoms with E-state index in [-0.39, 0.29) is 36.4 Å². The summed E-state index contributed by atoms with van der Waals surface area (Å²) in [6.07, 6.45) is 1.01. The van der Waals surface area contributed by atoms with E-state index in [4.69, 9.17) is 0 Å². The summed E-state index contributed by atoms with van der Waals surface area (Å²) in [4.78, 5) is 25.4. The Morgan fingerprint density at radius 1 is 1.21 bits per heavy atom. The van der Waals surface area contributed by atoms with E-state index in [1.807, 2.05) is 13.8 Å². The highest BCUT2D eigenvalue weighted by molar-refractivity contribution is 7.91. The summed E-state index contributed by atoms with van der Waals surface area (Å²) < 4.78 is 23.0. The number of hydrogen-bond donors (Lipinski definition) is 1. The Morgan fingerprint density at radius 3 is 2.26 bits per heavy atom. The van der Waals surface area contributed by atoms with E-state index in [1.165, 1.54) is 4.90 Å². The largest absolute Gasteiger partial charge is 0.340 e. The number of nitrogens with one attached hydrogen (secondary N) is 1. The van der Waals surface area contributed by atoms with Crippen molar-refractivity contribution in [3.8, 4) is 0 Å². The maximum Gasteiger partial charge on any atom is 0.248 e. The van der Waals surface area contributed by atoms with Crippen molar-refractivity contribution in [3.63, 3.8) is 0 Å². The van der Waals surface area contributed by atoms with Gasteiger partial charge in [-0.2, -0.15) is 0 Å². The molecule has 19 heavy (non-hydrogen) atoms. The second-order valence-corrected chi connectivity index (χ2v) is 7.27. The molecule has 6 nitrogen and oxygen atoms in total. The van der Waals surface area contributed by atoms with Crippen molar-refractivity contribution in [2.24, 2.45) is 0 Å². The molecule has 1 fully saturated rings. The van der Waals surface area contributed by atoms with Crippen LogP contribution in [0.2, 0.25) is 0 Å². The van der Waals surface area contributed by atoms with Gasteiger partial charge in [0.05, 0.1) is 12.3 Å².